The average Bonchev–Trinajstić information content (AvgIpc) is 3.16. The van der Waals surface area contributed by atoms with E-state index in [0.29, 0.717) is 23.2 Å². The summed E-state index contributed by atoms with van der Waals surface area (Å²) in [5.74, 6) is 5.61. The summed E-state index contributed by atoms with van der Waals surface area (Å²) < 4.78 is 0. The van der Waals surface area contributed by atoms with Gasteiger partial charge in [-0.05, 0) is 111 Å². The van der Waals surface area contributed by atoms with Gasteiger partial charge in [0.2, 0.25) is 5.91 Å². The zero-order valence-corrected chi connectivity index (χ0v) is 22.4. The Bertz CT molecular complexity index is 649. The first-order valence-electron chi connectivity index (χ1n) is 14.9. The number of amides is 1. The molecule has 4 fully saturated rings. The van der Waals surface area contributed by atoms with Crippen molar-refractivity contribution in [2.45, 2.75) is 130 Å². The van der Waals surface area contributed by atoms with Crippen molar-refractivity contribution in [3.8, 4) is 0 Å². The van der Waals surface area contributed by atoms with Crippen molar-refractivity contribution >= 4 is 5.91 Å². The minimum atomic E-state index is 0.185. The first kappa shape index (κ1) is 25.5. The van der Waals surface area contributed by atoms with Crippen LogP contribution in [0.15, 0.2) is 0 Å². The molecule has 0 saturated heterocycles. The number of hydrazine groups is 1. The van der Waals surface area contributed by atoms with Crippen LogP contribution >= 0.6 is 0 Å². The maximum atomic E-state index is 12.4. The van der Waals surface area contributed by atoms with E-state index in [2.05, 4.69) is 38.5 Å². The molecule has 0 heterocycles. The molecule has 3 nitrogen and oxygen atoms in total. The van der Waals surface area contributed by atoms with Crippen molar-refractivity contribution in [3.05, 3.63) is 0 Å². The van der Waals surface area contributed by atoms with Crippen LogP contribution in [0.25, 0.3) is 0 Å². The molecule has 8 atom stereocenters. The standard InChI is InChI=1S/C30H54N2O/c1-5-6-7-10-21-31-32-28(33)17-12-22(2)25-15-16-26-24-14-13-23-11-8-9-19-29(23,3)27(24)18-20-30(25,26)4/h22-27,31H,5-21H2,1-4H3,(H,32,33)/t22-,23?,24+,25-,26+,27+,29+,30-/m1/s1. The quantitative estimate of drug-likeness (QED) is 0.261. The van der Waals surface area contributed by atoms with E-state index in [4.69, 9.17) is 0 Å². The highest BCUT2D eigenvalue weighted by molar-refractivity contribution is 5.75. The fourth-order valence-corrected chi connectivity index (χ4v) is 9.69. The van der Waals surface area contributed by atoms with Gasteiger partial charge in [-0.3, -0.25) is 10.2 Å². The summed E-state index contributed by atoms with van der Waals surface area (Å²) in [5.41, 5.74) is 7.27. The summed E-state index contributed by atoms with van der Waals surface area (Å²) in [6.07, 6.45) is 21.5. The smallest absolute Gasteiger partial charge is 0.234 e. The number of carbonyl (C=O) groups is 1. The summed E-state index contributed by atoms with van der Waals surface area (Å²) in [6, 6.07) is 0. The summed E-state index contributed by atoms with van der Waals surface area (Å²) >= 11 is 0. The third-order valence-electron chi connectivity index (χ3n) is 11.6. The normalized spacial score (nSPS) is 41.0. The van der Waals surface area contributed by atoms with Crippen molar-refractivity contribution in [2.75, 3.05) is 6.54 Å². The van der Waals surface area contributed by atoms with Gasteiger partial charge in [-0.2, -0.15) is 0 Å². The Labute approximate surface area is 205 Å². The van der Waals surface area contributed by atoms with Crippen molar-refractivity contribution in [1.82, 2.24) is 10.9 Å². The van der Waals surface area contributed by atoms with E-state index in [1.165, 1.54) is 83.5 Å². The Morgan fingerprint density at radius 3 is 2.55 bits per heavy atom. The van der Waals surface area contributed by atoms with E-state index in [0.717, 1.165) is 49.0 Å². The number of fused-ring (bicyclic) bond motifs is 5. The van der Waals surface area contributed by atoms with Crippen LogP contribution in [0.4, 0.5) is 0 Å². The first-order valence-corrected chi connectivity index (χ1v) is 14.9. The number of carbonyl (C=O) groups excluding carboxylic acids is 1. The van der Waals surface area contributed by atoms with E-state index in [1.54, 1.807) is 0 Å². The van der Waals surface area contributed by atoms with Gasteiger partial charge < -0.3 is 0 Å². The molecule has 4 aliphatic carbocycles. The van der Waals surface area contributed by atoms with E-state index in [1.807, 2.05) is 0 Å². The predicted molar refractivity (Wildman–Crippen MR) is 139 cm³/mol. The van der Waals surface area contributed by atoms with E-state index < -0.39 is 0 Å². The van der Waals surface area contributed by atoms with E-state index >= 15 is 0 Å². The number of nitrogens with one attached hydrogen (secondary N) is 2. The molecule has 1 amide bonds. The molecule has 0 bridgehead atoms. The zero-order valence-electron chi connectivity index (χ0n) is 22.4. The van der Waals surface area contributed by atoms with Crippen LogP contribution in [0.2, 0.25) is 0 Å². The van der Waals surface area contributed by atoms with Crippen LogP contribution in [0.3, 0.4) is 0 Å². The molecule has 4 saturated carbocycles. The van der Waals surface area contributed by atoms with Crippen molar-refractivity contribution in [1.29, 1.82) is 0 Å². The molecule has 33 heavy (non-hydrogen) atoms. The second-order valence-corrected chi connectivity index (χ2v) is 13.2. The first-order chi connectivity index (χ1) is 15.9. The molecule has 0 aromatic heterocycles. The predicted octanol–water partition coefficient (Wildman–Crippen LogP) is 7.65. The minimum absolute atomic E-state index is 0.185. The number of hydrogen-bond acceptors (Lipinski definition) is 2. The molecular formula is C30H54N2O. The molecule has 0 aromatic rings. The molecule has 190 valence electrons. The van der Waals surface area contributed by atoms with E-state index in [-0.39, 0.29) is 5.91 Å². The van der Waals surface area contributed by atoms with Gasteiger partial charge in [0.15, 0.2) is 0 Å². The fourth-order valence-electron chi connectivity index (χ4n) is 9.69. The Kier molecular flexibility index (Phi) is 8.51. The van der Waals surface area contributed by atoms with Gasteiger partial charge >= 0.3 is 0 Å². The highest BCUT2D eigenvalue weighted by atomic mass is 16.2. The molecule has 4 aliphatic rings. The second kappa shape index (κ2) is 11.0. The summed E-state index contributed by atoms with van der Waals surface area (Å²) in [7, 11) is 0. The van der Waals surface area contributed by atoms with Crippen molar-refractivity contribution < 1.29 is 4.79 Å². The van der Waals surface area contributed by atoms with Gasteiger partial charge in [0, 0.05) is 13.0 Å². The number of unbranched alkanes of at least 4 members (excludes halogenated alkanes) is 3. The molecular weight excluding hydrogens is 404 g/mol. The molecule has 3 heteroatoms. The molecule has 0 aliphatic heterocycles. The molecule has 4 rings (SSSR count). The van der Waals surface area contributed by atoms with Crippen LogP contribution in [0.1, 0.15) is 130 Å². The minimum Gasteiger partial charge on any atom is -0.292 e. The maximum absolute atomic E-state index is 12.4. The number of hydrogen-bond donors (Lipinski definition) is 2. The Morgan fingerprint density at radius 1 is 0.909 bits per heavy atom. The van der Waals surface area contributed by atoms with E-state index in [9.17, 15) is 4.79 Å². The lowest BCUT2D eigenvalue weighted by Crippen LogP contribution is -2.53. The van der Waals surface area contributed by atoms with Gasteiger partial charge in [0.25, 0.3) is 0 Å². The fraction of sp³-hybridized carbons (Fsp3) is 0.967. The van der Waals surface area contributed by atoms with Gasteiger partial charge in [-0.25, -0.2) is 5.43 Å². The second-order valence-electron chi connectivity index (χ2n) is 13.2. The Morgan fingerprint density at radius 2 is 1.73 bits per heavy atom. The van der Waals surface area contributed by atoms with Gasteiger partial charge in [0.05, 0.1) is 0 Å². The molecule has 2 N–H and O–H groups in total. The van der Waals surface area contributed by atoms with Crippen molar-refractivity contribution in [3.63, 3.8) is 0 Å². The van der Waals surface area contributed by atoms with Crippen LogP contribution in [0.5, 0.6) is 0 Å². The lowest BCUT2D eigenvalue weighted by atomic mass is 9.44. The van der Waals surface area contributed by atoms with Crippen LogP contribution < -0.4 is 10.9 Å². The average molecular weight is 459 g/mol. The van der Waals surface area contributed by atoms with Crippen molar-refractivity contribution in [2.24, 2.45) is 46.3 Å². The lowest BCUT2D eigenvalue weighted by molar-refractivity contribution is -0.123. The largest absolute Gasteiger partial charge is 0.292 e. The summed E-state index contributed by atoms with van der Waals surface area (Å²) in [4.78, 5) is 12.4. The van der Waals surface area contributed by atoms with Gasteiger partial charge in [0.1, 0.15) is 0 Å². The Hall–Kier alpha value is -0.570. The molecule has 1 unspecified atom stereocenters. The van der Waals surface area contributed by atoms with Crippen LogP contribution in [-0.2, 0) is 4.79 Å². The summed E-state index contributed by atoms with van der Waals surface area (Å²) in [5, 5.41) is 0. The third-order valence-corrected chi connectivity index (χ3v) is 11.6. The molecule has 0 radical (unpaired) electrons. The topological polar surface area (TPSA) is 41.1 Å². The van der Waals surface area contributed by atoms with Crippen LogP contribution in [-0.4, -0.2) is 12.5 Å². The van der Waals surface area contributed by atoms with Gasteiger partial charge in [-0.1, -0.05) is 59.8 Å². The monoisotopic (exact) mass is 458 g/mol. The van der Waals surface area contributed by atoms with Gasteiger partial charge in [-0.15, -0.1) is 0 Å². The highest BCUT2D eigenvalue weighted by Crippen LogP contribution is 2.68. The van der Waals surface area contributed by atoms with Crippen LogP contribution in [0, 0.1) is 46.3 Å². The highest BCUT2D eigenvalue weighted by Gasteiger charge is 2.60. The molecule has 0 aromatic carbocycles. The SMILES string of the molecule is CCCCCCNNC(=O)CC[C@@H](C)[C@H]1CC[C@H]2[C@@H]3CCC4CCCC[C@]4(C)[C@H]3CC[C@]12C. The number of rotatable bonds is 10. The maximum Gasteiger partial charge on any atom is 0.234 e. The summed E-state index contributed by atoms with van der Waals surface area (Å²) in [6.45, 7) is 10.9. The third kappa shape index (κ3) is 5.19. The molecule has 0 spiro atoms. The lowest BCUT2D eigenvalue weighted by Gasteiger charge is -2.61. The zero-order chi connectivity index (χ0) is 23.5. The Balaban J connectivity index is 1.27.